The first-order valence-electron chi connectivity index (χ1n) is 7.36. The number of hydrogen-bond acceptors (Lipinski definition) is 5. The molecular weight excluding hydrogens is 363 g/mol. The molecule has 2 N–H and O–H groups in total. The van der Waals surface area contributed by atoms with Crippen molar-refractivity contribution >= 4 is 15.9 Å². The molecule has 1 aromatic rings. The number of amides is 1. The zero-order valence-electron chi connectivity index (χ0n) is 13.6. The van der Waals surface area contributed by atoms with Crippen LogP contribution in [0.3, 0.4) is 0 Å². The van der Waals surface area contributed by atoms with Crippen molar-refractivity contribution < 1.29 is 31.1 Å². The van der Waals surface area contributed by atoms with Crippen LogP contribution in [0.25, 0.3) is 0 Å². The summed E-state index contributed by atoms with van der Waals surface area (Å²) >= 11 is 0. The molecule has 1 heterocycles. The molecule has 1 aromatic heterocycles. The molecular formula is C14H18F3N3O4S. The Hall–Kier alpha value is -1.88. The molecule has 1 fully saturated rings. The van der Waals surface area contributed by atoms with Crippen LogP contribution in [-0.2, 0) is 10.0 Å². The summed E-state index contributed by atoms with van der Waals surface area (Å²) in [7, 11) is -5.52. The molecule has 140 valence electrons. The van der Waals surface area contributed by atoms with Crippen LogP contribution in [0.2, 0.25) is 0 Å². The Labute approximate surface area is 143 Å². The molecule has 0 atom stereocenters. The first-order chi connectivity index (χ1) is 11.4. The van der Waals surface area contributed by atoms with Crippen molar-refractivity contribution in [1.82, 2.24) is 9.29 Å². The van der Waals surface area contributed by atoms with Gasteiger partial charge in [-0.15, -0.1) is 0 Å². The van der Waals surface area contributed by atoms with Crippen LogP contribution < -0.4 is 10.5 Å². The number of ether oxygens (including phenoxy) is 1. The van der Waals surface area contributed by atoms with E-state index in [-0.39, 0.29) is 11.4 Å². The lowest BCUT2D eigenvalue weighted by Gasteiger charge is -2.37. The van der Waals surface area contributed by atoms with E-state index in [9.17, 15) is 26.4 Å². The summed E-state index contributed by atoms with van der Waals surface area (Å²) in [5, 5.41) is 0. The minimum Gasteiger partial charge on any atom is -0.475 e. The summed E-state index contributed by atoms with van der Waals surface area (Å²) in [6.07, 6.45) is 2.00. The van der Waals surface area contributed by atoms with E-state index in [0.717, 1.165) is 0 Å². The minimum absolute atomic E-state index is 0.0463. The van der Waals surface area contributed by atoms with Crippen molar-refractivity contribution in [2.45, 2.75) is 43.8 Å². The summed E-state index contributed by atoms with van der Waals surface area (Å²) in [5.41, 5.74) is -1.78. The number of rotatable bonds is 7. The van der Waals surface area contributed by atoms with Gasteiger partial charge in [-0.1, -0.05) is 0 Å². The first-order valence-corrected chi connectivity index (χ1v) is 8.80. The van der Waals surface area contributed by atoms with Gasteiger partial charge in [-0.3, -0.25) is 4.79 Å². The molecule has 2 rings (SSSR count). The average molecular weight is 381 g/mol. The SMILES string of the molecule is CC(C)(COc1ncccc1C(N)=O)N(C1CC1)S(=O)(=O)C(F)(F)F. The second kappa shape index (κ2) is 6.45. The van der Waals surface area contributed by atoms with Crippen LogP contribution in [0.15, 0.2) is 18.3 Å². The fraction of sp³-hybridized carbons (Fsp3) is 0.571. The van der Waals surface area contributed by atoms with E-state index in [1.165, 1.54) is 32.2 Å². The molecule has 0 radical (unpaired) electrons. The highest BCUT2D eigenvalue weighted by atomic mass is 32.2. The Kier molecular flexibility index (Phi) is 5.01. The lowest BCUT2D eigenvalue weighted by molar-refractivity contribution is -0.0534. The Bertz CT molecular complexity index is 761. The van der Waals surface area contributed by atoms with E-state index in [1.54, 1.807) is 0 Å². The summed E-state index contributed by atoms with van der Waals surface area (Å²) in [5.74, 6) is -0.980. The topological polar surface area (TPSA) is 103 Å². The molecule has 1 aliphatic rings. The molecule has 1 aliphatic carbocycles. The molecule has 0 unspecified atom stereocenters. The molecule has 0 aromatic carbocycles. The van der Waals surface area contributed by atoms with Gasteiger partial charge < -0.3 is 10.5 Å². The van der Waals surface area contributed by atoms with Gasteiger partial charge in [0.05, 0.1) is 5.54 Å². The van der Waals surface area contributed by atoms with Crippen LogP contribution in [0.5, 0.6) is 5.88 Å². The second-order valence-electron chi connectivity index (χ2n) is 6.30. The maximum Gasteiger partial charge on any atom is 0.511 e. The zero-order valence-corrected chi connectivity index (χ0v) is 14.4. The number of pyridine rings is 1. The van der Waals surface area contributed by atoms with Crippen molar-refractivity contribution in [2.75, 3.05) is 6.61 Å². The summed E-state index contributed by atoms with van der Waals surface area (Å²) in [6.45, 7) is 2.21. The van der Waals surface area contributed by atoms with Crippen molar-refractivity contribution in [3.63, 3.8) is 0 Å². The largest absolute Gasteiger partial charge is 0.511 e. The fourth-order valence-corrected chi connectivity index (χ4v) is 3.97. The maximum absolute atomic E-state index is 13.0. The van der Waals surface area contributed by atoms with E-state index in [2.05, 4.69) is 4.98 Å². The Balaban J connectivity index is 2.27. The second-order valence-corrected chi connectivity index (χ2v) is 8.11. The third-order valence-electron chi connectivity index (χ3n) is 3.63. The Morgan fingerprint density at radius 2 is 2.00 bits per heavy atom. The van der Waals surface area contributed by atoms with Crippen LogP contribution in [0.4, 0.5) is 13.2 Å². The first kappa shape index (κ1) is 19.4. The standard InChI is InChI=1S/C14H18F3N3O4S/c1-13(2,8-24-12-10(11(18)21)4-3-7-19-12)20(9-5-6-9)25(22,23)14(15,16)17/h3-4,7,9H,5-6,8H2,1-2H3,(H2,18,21). The smallest absolute Gasteiger partial charge is 0.475 e. The normalized spacial score (nSPS) is 16.1. The highest BCUT2D eigenvalue weighted by Crippen LogP contribution is 2.41. The number of aromatic nitrogens is 1. The predicted octanol–water partition coefficient (Wildman–Crippen LogP) is 1.65. The predicted molar refractivity (Wildman–Crippen MR) is 82.2 cm³/mol. The Morgan fingerprint density at radius 3 is 2.48 bits per heavy atom. The van der Waals surface area contributed by atoms with Crippen LogP contribution in [-0.4, -0.2) is 47.3 Å². The van der Waals surface area contributed by atoms with Crippen molar-refractivity contribution in [2.24, 2.45) is 5.73 Å². The van der Waals surface area contributed by atoms with Gasteiger partial charge in [0.2, 0.25) is 5.88 Å². The molecule has 0 bridgehead atoms. The molecule has 11 heteroatoms. The fourth-order valence-electron chi connectivity index (χ4n) is 2.44. The van der Waals surface area contributed by atoms with Gasteiger partial charge in [0.15, 0.2) is 0 Å². The third-order valence-corrected chi connectivity index (χ3v) is 5.52. The molecule has 0 spiro atoms. The van der Waals surface area contributed by atoms with Crippen molar-refractivity contribution in [1.29, 1.82) is 0 Å². The monoisotopic (exact) mass is 381 g/mol. The quantitative estimate of drug-likeness (QED) is 0.774. The van der Waals surface area contributed by atoms with Gasteiger partial charge in [-0.05, 0) is 38.8 Å². The highest BCUT2D eigenvalue weighted by Gasteiger charge is 2.58. The Morgan fingerprint density at radius 1 is 1.40 bits per heavy atom. The molecule has 1 amide bonds. The van der Waals surface area contributed by atoms with Gasteiger partial charge in [0.25, 0.3) is 5.91 Å². The lowest BCUT2D eigenvalue weighted by Crippen LogP contribution is -2.56. The number of nitrogens with zero attached hydrogens (tertiary/aromatic N) is 2. The molecule has 0 saturated heterocycles. The van der Waals surface area contributed by atoms with Gasteiger partial charge in [-0.2, -0.15) is 17.5 Å². The summed E-state index contributed by atoms with van der Waals surface area (Å²) in [6, 6.07) is 2.07. The summed E-state index contributed by atoms with van der Waals surface area (Å²) in [4.78, 5) is 15.2. The zero-order chi connectivity index (χ0) is 19.0. The van der Waals surface area contributed by atoms with Gasteiger partial charge in [-0.25, -0.2) is 13.4 Å². The number of hydrogen-bond donors (Lipinski definition) is 1. The number of alkyl halides is 3. The van der Waals surface area contributed by atoms with E-state index >= 15 is 0 Å². The van der Waals surface area contributed by atoms with Gasteiger partial charge in [0.1, 0.15) is 12.2 Å². The van der Waals surface area contributed by atoms with Crippen LogP contribution in [0, 0.1) is 0 Å². The van der Waals surface area contributed by atoms with Gasteiger partial charge >= 0.3 is 15.5 Å². The number of primary amides is 1. The average Bonchev–Trinajstić information content (AvgIpc) is 3.28. The van der Waals surface area contributed by atoms with E-state index in [0.29, 0.717) is 17.1 Å². The number of sulfonamides is 1. The van der Waals surface area contributed by atoms with Crippen LogP contribution >= 0.6 is 0 Å². The number of halogens is 3. The molecule has 25 heavy (non-hydrogen) atoms. The number of carbonyl (C=O) groups is 1. The van der Waals surface area contributed by atoms with Gasteiger partial charge in [0, 0.05) is 12.2 Å². The summed E-state index contributed by atoms with van der Waals surface area (Å²) < 4.78 is 68.6. The number of carbonyl (C=O) groups excluding carboxylic acids is 1. The molecule has 7 nitrogen and oxygen atoms in total. The highest BCUT2D eigenvalue weighted by molar-refractivity contribution is 7.90. The van der Waals surface area contributed by atoms with E-state index in [1.807, 2.05) is 0 Å². The molecule has 0 aliphatic heterocycles. The third kappa shape index (κ3) is 4.03. The van der Waals surface area contributed by atoms with Crippen molar-refractivity contribution in [3.05, 3.63) is 23.9 Å². The lowest BCUT2D eigenvalue weighted by atomic mass is 10.1. The van der Waals surface area contributed by atoms with Crippen LogP contribution in [0.1, 0.15) is 37.0 Å². The maximum atomic E-state index is 13.0. The van der Waals surface area contributed by atoms with E-state index in [4.69, 9.17) is 10.5 Å². The van der Waals surface area contributed by atoms with Crippen molar-refractivity contribution in [3.8, 4) is 5.88 Å². The van der Waals surface area contributed by atoms with E-state index < -0.39 is 39.6 Å². The minimum atomic E-state index is -5.52. The molecule has 1 saturated carbocycles. The number of nitrogens with two attached hydrogens (primary N) is 1.